The van der Waals surface area contributed by atoms with Crippen molar-refractivity contribution in [2.24, 2.45) is 0 Å². The highest BCUT2D eigenvalue weighted by atomic mass is 32.1. The molecular formula is C25H21F2N5O2S. The molecule has 2 aromatic carbocycles. The van der Waals surface area contributed by atoms with Crippen molar-refractivity contribution < 1.29 is 13.6 Å². The van der Waals surface area contributed by atoms with Crippen LogP contribution in [0.3, 0.4) is 0 Å². The van der Waals surface area contributed by atoms with Gasteiger partial charge in [-0.05, 0) is 44.4 Å². The largest absolute Gasteiger partial charge is 0.350 e. The summed E-state index contributed by atoms with van der Waals surface area (Å²) < 4.78 is 31.3. The lowest BCUT2D eigenvalue weighted by Gasteiger charge is -2.25. The van der Waals surface area contributed by atoms with Crippen molar-refractivity contribution in [3.05, 3.63) is 87.7 Å². The number of benzene rings is 2. The first-order valence-electron chi connectivity index (χ1n) is 11.4. The number of carbonyl (C=O) groups is 1. The number of carbonyl (C=O) groups excluding carboxylic acids is 1. The molecule has 0 bridgehead atoms. The highest BCUT2D eigenvalue weighted by Gasteiger charge is 2.64. The van der Waals surface area contributed by atoms with Gasteiger partial charge in [0.05, 0.1) is 27.2 Å². The third kappa shape index (κ3) is 3.35. The molecule has 2 atom stereocenters. The first-order chi connectivity index (χ1) is 16.9. The van der Waals surface area contributed by atoms with E-state index < -0.39 is 22.9 Å². The first-order valence-corrected chi connectivity index (χ1v) is 12.2. The summed E-state index contributed by atoms with van der Waals surface area (Å²) in [6.07, 6.45) is 3.39. The third-order valence-corrected chi connectivity index (χ3v) is 7.94. The molecule has 10 heteroatoms. The van der Waals surface area contributed by atoms with Crippen molar-refractivity contribution in [3.8, 4) is 16.1 Å². The molecule has 6 rings (SSSR count). The molecule has 2 aliphatic rings. The van der Waals surface area contributed by atoms with Crippen molar-refractivity contribution in [2.75, 3.05) is 6.54 Å². The maximum Gasteiger partial charge on any atom is 0.350 e. The molecule has 4 aromatic rings. The second-order valence-corrected chi connectivity index (χ2v) is 10.2. The van der Waals surface area contributed by atoms with Gasteiger partial charge in [0.1, 0.15) is 23.7 Å². The SMILES string of the molecule is Cc1nc(C(=O)N2CCC[C@@]23CC3n2ncn(-c3ccccc3F)c2=O)c(-c2ccccc2F)s1. The van der Waals surface area contributed by atoms with Crippen LogP contribution in [0.2, 0.25) is 0 Å². The van der Waals surface area contributed by atoms with E-state index in [1.165, 1.54) is 45.1 Å². The van der Waals surface area contributed by atoms with Gasteiger partial charge in [-0.25, -0.2) is 27.8 Å². The predicted molar refractivity (Wildman–Crippen MR) is 127 cm³/mol. The van der Waals surface area contributed by atoms with Crippen molar-refractivity contribution in [1.29, 1.82) is 0 Å². The van der Waals surface area contributed by atoms with Crippen LogP contribution in [-0.4, -0.2) is 42.2 Å². The standard InChI is InChI=1S/C25H21F2N5O2S/c1-15-29-21(22(35-15)16-7-2-3-8-17(16)26)23(33)31-12-6-11-25(31)13-20(25)32-24(34)30(14-28-32)19-10-5-4-9-18(19)27/h2-5,7-10,14,20H,6,11-13H2,1H3/t20?,25-/m0/s1. The number of rotatable bonds is 4. The molecule has 1 unspecified atom stereocenters. The van der Waals surface area contributed by atoms with Crippen LogP contribution in [0.15, 0.2) is 59.7 Å². The van der Waals surface area contributed by atoms with Gasteiger partial charge in [0.15, 0.2) is 0 Å². The molecule has 1 saturated heterocycles. The lowest BCUT2D eigenvalue weighted by Crippen LogP contribution is -2.40. The van der Waals surface area contributed by atoms with Gasteiger partial charge < -0.3 is 4.90 Å². The van der Waals surface area contributed by atoms with E-state index in [1.54, 1.807) is 42.2 Å². The minimum absolute atomic E-state index is 0.130. The van der Waals surface area contributed by atoms with E-state index in [4.69, 9.17) is 0 Å². The molecule has 1 amide bonds. The van der Waals surface area contributed by atoms with Gasteiger partial charge in [-0.15, -0.1) is 11.3 Å². The van der Waals surface area contributed by atoms with Gasteiger partial charge in [0, 0.05) is 12.1 Å². The van der Waals surface area contributed by atoms with Crippen LogP contribution in [0.25, 0.3) is 16.1 Å². The summed E-state index contributed by atoms with van der Waals surface area (Å²) in [5.41, 5.74) is -0.298. The summed E-state index contributed by atoms with van der Waals surface area (Å²) >= 11 is 1.29. The Labute approximate surface area is 203 Å². The molecule has 7 nitrogen and oxygen atoms in total. The van der Waals surface area contributed by atoms with E-state index >= 15 is 0 Å². The molecule has 178 valence electrons. The number of aromatic nitrogens is 4. The smallest absolute Gasteiger partial charge is 0.329 e. The summed E-state index contributed by atoms with van der Waals surface area (Å²) in [7, 11) is 0. The van der Waals surface area contributed by atoms with Gasteiger partial charge in [0.2, 0.25) is 0 Å². The predicted octanol–water partition coefficient (Wildman–Crippen LogP) is 4.36. The van der Waals surface area contributed by atoms with Gasteiger partial charge in [-0.3, -0.25) is 4.79 Å². The zero-order valence-electron chi connectivity index (χ0n) is 18.8. The highest BCUT2D eigenvalue weighted by Crippen LogP contribution is 2.58. The Morgan fingerprint density at radius 3 is 2.63 bits per heavy atom. The van der Waals surface area contributed by atoms with Crippen LogP contribution in [0.4, 0.5) is 8.78 Å². The monoisotopic (exact) mass is 493 g/mol. The number of nitrogens with zero attached hydrogens (tertiary/aromatic N) is 5. The van der Waals surface area contributed by atoms with E-state index in [0.29, 0.717) is 28.4 Å². The maximum absolute atomic E-state index is 14.5. The summed E-state index contributed by atoms with van der Waals surface area (Å²) in [6.45, 7) is 2.31. The second-order valence-electron chi connectivity index (χ2n) is 8.95. The Balaban J connectivity index is 1.34. The Hall–Kier alpha value is -3.66. The minimum atomic E-state index is -0.556. The van der Waals surface area contributed by atoms with Gasteiger partial charge >= 0.3 is 5.69 Å². The summed E-state index contributed by atoms with van der Waals surface area (Å²) in [5.74, 6) is -1.19. The quantitative estimate of drug-likeness (QED) is 0.423. The lowest BCUT2D eigenvalue weighted by atomic mass is 10.1. The van der Waals surface area contributed by atoms with Gasteiger partial charge in [0.25, 0.3) is 5.91 Å². The van der Waals surface area contributed by atoms with Gasteiger partial charge in [-0.2, -0.15) is 5.10 Å². The molecule has 1 aliphatic heterocycles. The molecule has 1 saturated carbocycles. The Kier molecular flexibility index (Phi) is 4.96. The van der Waals surface area contributed by atoms with E-state index in [1.807, 2.05) is 0 Å². The molecule has 1 aliphatic carbocycles. The molecule has 2 fully saturated rings. The molecule has 35 heavy (non-hydrogen) atoms. The second kappa shape index (κ2) is 7.94. The number of hydrogen-bond acceptors (Lipinski definition) is 5. The molecule has 0 radical (unpaired) electrons. The lowest BCUT2D eigenvalue weighted by molar-refractivity contribution is 0.0697. The van der Waals surface area contributed by atoms with Crippen LogP contribution >= 0.6 is 11.3 Å². The molecule has 1 spiro atoms. The van der Waals surface area contributed by atoms with E-state index in [0.717, 1.165) is 12.8 Å². The number of aryl methyl sites for hydroxylation is 1. The number of amides is 1. The minimum Gasteiger partial charge on any atom is -0.329 e. The zero-order valence-corrected chi connectivity index (χ0v) is 19.6. The Morgan fingerprint density at radius 1 is 1.11 bits per heavy atom. The van der Waals surface area contributed by atoms with Crippen LogP contribution < -0.4 is 5.69 Å². The fraction of sp³-hybridized carbons (Fsp3) is 0.280. The Bertz CT molecular complexity index is 1530. The average Bonchev–Trinajstić information content (AvgIpc) is 3.13. The number of halogens is 2. The van der Waals surface area contributed by atoms with Crippen LogP contribution in [0.5, 0.6) is 0 Å². The van der Waals surface area contributed by atoms with E-state index in [-0.39, 0.29) is 23.3 Å². The van der Waals surface area contributed by atoms with Crippen LogP contribution in [-0.2, 0) is 0 Å². The zero-order chi connectivity index (χ0) is 24.3. The Morgan fingerprint density at radius 2 is 1.86 bits per heavy atom. The maximum atomic E-state index is 14.5. The molecule has 0 N–H and O–H groups in total. The first kappa shape index (κ1) is 21.8. The number of hydrogen-bond donors (Lipinski definition) is 0. The summed E-state index contributed by atoms with van der Waals surface area (Å²) in [5, 5.41) is 4.93. The van der Waals surface area contributed by atoms with Crippen molar-refractivity contribution in [3.63, 3.8) is 0 Å². The van der Waals surface area contributed by atoms with Crippen LogP contribution in [0.1, 0.15) is 40.8 Å². The van der Waals surface area contributed by atoms with E-state index in [2.05, 4.69) is 10.1 Å². The normalized spacial score (nSPS) is 21.1. The van der Waals surface area contributed by atoms with E-state index in [9.17, 15) is 18.4 Å². The summed E-state index contributed by atoms with van der Waals surface area (Å²) in [4.78, 5) is 33.6. The number of thiazole rings is 1. The van der Waals surface area contributed by atoms with Crippen LogP contribution in [0, 0.1) is 18.6 Å². The van der Waals surface area contributed by atoms with Gasteiger partial charge in [-0.1, -0.05) is 30.3 Å². The number of para-hydroxylation sites is 1. The van der Waals surface area contributed by atoms with Crippen molar-refractivity contribution >= 4 is 17.2 Å². The highest BCUT2D eigenvalue weighted by molar-refractivity contribution is 7.15. The number of likely N-dealkylation sites (tertiary alicyclic amines) is 1. The molecule has 3 heterocycles. The fourth-order valence-electron chi connectivity index (χ4n) is 5.22. The molecular weight excluding hydrogens is 472 g/mol. The van der Waals surface area contributed by atoms with Crippen molar-refractivity contribution in [1.82, 2.24) is 24.2 Å². The fourth-order valence-corrected chi connectivity index (χ4v) is 6.16. The topological polar surface area (TPSA) is 73.0 Å². The summed E-state index contributed by atoms with van der Waals surface area (Å²) in [6, 6.07) is 12.1. The average molecular weight is 494 g/mol. The molecule has 2 aromatic heterocycles. The van der Waals surface area contributed by atoms with Crippen molar-refractivity contribution in [2.45, 2.75) is 37.8 Å². The third-order valence-electron chi connectivity index (χ3n) is 6.94.